The van der Waals surface area contributed by atoms with Gasteiger partial charge in [0.15, 0.2) is 0 Å². The van der Waals surface area contributed by atoms with E-state index in [2.05, 4.69) is 4.98 Å². The van der Waals surface area contributed by atoms with Crippen molar-refractivity contribution < 1.29 is 19.4 Å². The fraction of sp³-hybridized carbons (Fsp3) is 0.125. The normalized spacial score (nSPS) is 17.8. The molecule has 31 heavy (non-hydrogen) atoms. The molecule has 1 aliphatic heterocycles. The zero-order chi connectivity index (χ0) is 22.1. The van der Waals surface area contributed by atoms with E-state index in [9.17, 15) is 14.7 Å². The molecule has 1 aliphatic rings. The van der Waals surface area contributed by atoms with Gasteiger partial charge in [0, 0.05) is 23.1 Å². The number of methoxy groups -OCH3 is 1. The van der Waals surface area contributed by atoms with Gasteiger partial charge in [-0.15, -0.1) is 0 Å². The maximum Gasteiger partial charge on any atom is 0.300 e. The Labute approximate surface area is 184 Å². The van der Waals surface area contributed by atoms with E-state index in [-0.39, 0.29) is 11.3 Å². The van der Waals surface area contributed by atoms with Gasteiger partial charge in [-0.1, -0.05) is 23.2 Å². The van der Waals surface area contributed by atoms with Crippen LogP contribution in [0.5, 0.6) is 5.75 Å². The molecule has 0 saturated carbocycles. The van der Waals surface area contributed by atoms with Crippen LogP contribution in [0.1, 0.15) is 22.7 Å². The number of aryl methyl sites for hydroxylation is 1. The second-order valence-electron chi connectivity index (χ2n) is 7.13. The third-order valence-electron chi connectivity index (χ3n) is 5.18. The fourth-order valence-electron chi connectivity index (χ4n) is 3.71. The van der Waals surface area contributed by atoms with Crippen LogP contribution in [0, 0.1) is 6.92 Å². The molecule has 3 aromatic rings. The lowest BCUT2D eigenvalue weighted by Crippen LogP contribution is -2.29. The van der Waals surface area contributed by atoms with Crippen LogP contribution in [-0.4, -0.2) is 28.9 Å². The Morgan fingerprint density at radius 1 is 1.06 bits per heavy atom. The molecule has 0 radical (unpaired) electrons. The zero-order valence-electron chi connectivity index (χ0n) is 16.9. The number of carbonyl (C=O) groups is 2. The number of halogens is 1. The minimum absolute atomic E-state index is 0.0185. The summed E-state index contributed by atoms with van der Waals surface area (Å²) in [6, 6.07) is 14.4. The number of benzene rings is 2. The lowest BCUT2D eigenvalue weighted by atomic mass is 9.95. The largest absolute Gasteiger partial charge is 0.507 e. The predicted molar refractivity (Wildman–Crippen MR) is 118 cm³/mol. The van der Waals surface area contributed by atoms with E-state index in [0.29, 0.717) is 27.6 Å². The van der Waals surface area contributed by atoms with Crippen LogP contribution in [0.4, 0.5) is 5.69 Å². The number of pyridine rings is 1. The SMILES string of the molecule is COc1ccc(C)cc1/C(O)=C1\C(=O)C(=O)N(c2ccc(Cl)cc2)C1c1ccncc1. The number of rotatable bonds is 4. The van der Waals surface area contributed by atoms with Crippen LogP contribution < -0.4 is 9.64 Å². The molecule has 0 aliphatic carbocycles. The van der Waals surface area contributed by atoms with E-state index in [0.717, 1.165) is 5.56 Å². The zero-order valence-corrected chi connectivity index (χ0v) is 17.6. The summed E-state index contributed by atoms with van der Waals surface area (Å²) in [5.41, 5.74) is 2.32. The lowest BCUT2D eigenvalue weighted by molar-refractivity contribution is -0.132. The van der Waals surface area contributed by atoms with Gasteiger partial charge in [0.05, 0.1) is 24.3 Å². The Kier molecular flexibility index (Phi) is 5.48. The van der Waals surface area contributed by atoms with Crippen molar-refractivity contribution in [2.45, 2.75) is 13.0 Å². The minimum atomic E-state index is -0.839. The molecule has 2 aromatic carbocycles. The summed E-state index contributed by atoms with van der Waals surface area (Å²) in [6.45, 7) is 1.86. The summed E-state index contributed by atoms with van der Waals surface area (Å²) < 4.78 is 5.38. The molecular weight excluding hydrogens is 416 g/mol. The highest BCUT2D eigenvalue weighted by Crippen LogP contribution is 2.43. The number of aromatic nitrogens is 1. The first-order valence-electron chi connectivity index (χ1n) is 9.54. The second-order valence-corrected chi connectivity index (χ2v) is 7.57. The van der Waals surface area contributed by atoms with Crippen molar-refractivity contribution in [3.8, 4) is 5.75 Å². The molecular formula is C24H19ClN2O4. The van der Waals surface area contributed by atoms with Crippen molar-refractivity contribution in [2.75, 3.05) is 12.0 Å². The predicted octanol–water partition coefficient (Wildman–Crippen LogP) is 4.68. The molecule has 4 rings (SSSR count). The molecule has 1 N–H and O–H groups in total. The van der Waals surface area contributed by atoms with Crippen molar-refractivity contribution in [3.63, 3.8) is 0 Å². The van der Waals surface area contributed by atoms with E-state index < -0.39 is 17.7 Å². The smallest absolute Gasteiger partial charge is 0.300 e. The molecule has 2 heterocycles. The first-order valence-corrected chi connectivity index (χ1v) is 9.91. The van der Waals surface area contributed by atoms with Crippen molar-refractivity contribution in [2.24, 2.45) is 0 Å². The van der Waals surface area contributed by atoms with E-state index in [1.54, 1.807) is 60.9 Å². The summed E-state index contributed by atoms with van der Waals surface area (Å²) in [5.74, 6) is -1.42. The number of Topliss-reactive ketones (excluding diaryl/α,β-unsaturated/α-hetero) is 1. The third-order valence-corrected chi connectivity index (χ3v) is 5.43. The van der Waals surface area contributed by atoms with E-state index in [4.69, 9.17) is 16.3 Å². The number of ketones is 1. The van der Waals surface area contributed by atoms with Crippen LogP contribution in [0.15, 0.2) is 72.6 Å². The van der Waals surface area contributed by atoms with Gasteiger partial charge in [0.2, 0.25) is 0 Å². The summed E-state index contributed by atoms with van der Waals surface area (Å²) in [6.07, 6.45) is 3.15. The molecule has 1 aromatic heterocycles. The van der Waals surface area contributed by atoms with Crippen LogP contribution in [-0.2, 0) is 9.59 Å². The molecule has 0 spiro atoms. The van der Waals surface area contributed by atoms with E-state index >= 15 is 0 Å². The highest BCUT2D eigenvalue weighted by Gasteiger charge is 2.47. The number of hydrogen-bond donors (Lipinski definition) is 1. The molecule has 6 nitrogen and oxygen atoms in total. The standard InChI is InChI=1S/C24H19ClN2O4/c1-14-3-8-19(31-2)18(13-14)22(28)20-21(15-9-11-26-12-10-15)27(24(30)23(20)29)17-6-4-16(25)5-7-17/h3-13,21,28H,1-2H3/b22-20+. The van der Waals surface area contributed by atoms with Crippen molar-refractivity contribution >= 4 is 34.7 Å². The number of anilines is 1. The molecule has 1 fully saturated rings. The average Bonchev–Trinajstić information content (AvgIpc) is 3.05. The molecule has 7 heteroatoms. The summed E-state index contributed by atoms with van der Waals surface area (Å²) >= 11 is 6.00. The van der Waals surface area contributed by atoms with E-state index in [1.165, 1.54) is 12.0 Å². The second kappa shape index (κ2) is 8.24. The molecule has 156 valence electrons. The summed E-state index contributed by atoms with van der Waals surface area (Å²) in [4.78, 5) is 31.6. The van der Waals surface area contributed by atoms with Crippen molar-refractivity contribution in [3.05, 3.63) is 94.3 Å². The first-order chi connectivity index (χ1) is 14.9. The Morgan fingerprint density at radius 2 is 1.74 bits per heavy atom. The Bertz CT molecular complexity index is 1190. The highest BCUT2D eigenvalue weighted by molar-refractivity contribution is 6.51. The Morgan fingerprint density at radius 3 is 2.39 bits per heavy atom. The molecule has 1 saturated heterocycles. The van der Waals surface area contributed by atoms with Gasteiger partial charge in [-0.05, 0) is 61.0 Å². The monoisotopic (exact) mass is 434 g/mol. The third kappa shape index (κ3) is 3.66. The minimum Gasteiger partial charge on any atom is -0.507 e. The van der Waals surface area contributed by atoms with Crippen LogP contribution >= 0.6 is 11.6 Å². The quantitative estimate of drug-likeness (QED) is 0.366. The Balaban J connectivity index is 1.97. The summed E-state index contributed by atoms with van der Waals surface area (Å²) in [7, 11) is 1.48. The van der Waals surface area contributed by atoms with Crippen LogP contribution in [0.2, 0.25) is 5.02 Å². The maximum absolute atomic E-state index is 13.1. The Hall–Kier alpha value is -3.64. The van der Waals surface area contributed by atoms with Gasteiger partial charge in [0.25, 0.3) is 11.7 Å². The summed E-state index contributed by atoms with van der Waals surface area (Å²) in [5, 5.41) is 11.8. The number of carbonyl (C=O) groups excluding carboxylic acids is 2. The number of nitrogens with zero attached hydrogens (tertiary/aromatic N) is 2. The van der Waals surface area contributed by atoms with Gasteiger partial charge < -0.3 is 9.84 Å². The molecule has 1 atom stereocenters. The maximum atomic E-state index is 13.1. The number of amides is 1. The molecule has 1 unspecified atom stereocenters. The van der Waals surface area contributed by atoms with Crippen molar-refractivity contribution in [1.82, 2.24) is 4.98 Å². The van der Waals surface area contributed by atoms with Gasteiger partial charge in [-0.2, -0.15) is 0 Å². The first kappa shape index (κ1) is 20.6. The van der Waals surface area contributed by atoms with Gasteiger partial charge in [0.1, 0.15) is 11.5 Å². The number of hydrogen-bond acceptors (Lipinski definition) is 5. The van der Waals surface area contributed by atoms with Crippen LogP contribution in [0.25, 0.3) is 5.76 Å². The van der Waals surface area contributed by atoms with Gasteiger partial charge >= 0.3 is 0 Å². The van der Waals surface area contributed by atoms with Gasteiger partial charge in [-0.3, -0.25) is 19.5 Å². The highest BCUT2D eigenvalue weighted by atomic mass is 35.5. The number of ether oxygens (including phenoxy) is 1. The van der Waals surface area contributed by atoms with Crippen molar-refractivity contribution in [1.29, 1.82) is 0 Å². The molecule has 0 bridgehead atoms. The number of aliphatic hydroxyl groups excluding tert-OH is 1. The van der Waals surface area contributed by atoms with Crippen LogP contribution in [0.3, 0.4) is 0 Å². The van der Waals surface area contributed by atoms with E-state index in [1.807, 2.05) is 13.0 Å². The van der Waals surface area contributed by atoms with Gasteiger partial charge in [-0.25, -0.2) is 0 Å². The average molecular weight is 435 g/mol. The fourth-order valence-corrected chi connectivity index (χ4v) is 3.84. The molecule has 1 amide bonds. The lowest BCUT2D eigenvalue weighted by Gasteiger charge is -2.25. The topological polar surface area (TPSA) is 79.7 Å². The number of aliphatic hydroxyl groups is 1.